The number of rotatable bonds is 7. The quantitative estimate of drug-likeness (QED) is 0.667. The fourth-order valence-electron chi connectivity index (χ4n) is 2.11. The number of carbonyl (C=O) groups excluding carboxylic acids is 2. The summed E-state index contributed by atoms with van der Waals surface area (Å²) in [5.41, 5.74) is 0.853. The van der Waals surface area contributed by atoms with Crippen molar-refractivity contribution in [3.05, 3.63) is 58.6 Å². The van der Waals surface area contributed by atoms with Gasteiger partial charge in [-0.3, -0.25) is 4.79 Å². The molecule has 0 saturated heterocycles. The van der Waals surface area contributed by atoms with Crippen LogP contribution in [0.1, 0.15) is 23.7 Å². The van der Waals surface area contributed by atoms with Crippen molar-refractivity contribution in [1.82, 2.24) is 0 Å². The van der Waals surface area contributed by atoms with E-state index < -0.39 is 21.7 Å². The second kappa shape index (κ2) is 8.95. The van der Waals surface area contributed by atoms with Crippen molar-refractivity contribution in [2.75, 3.05) is 17.7 Å². The molecular weight excluding hydrogens is 422 g/mol. The summed E-state index contributed by atoms with van der Waals surface area (Å²) in [6.07, 6.45) is -0.169. The molecule has 0 radical (unpaired) electrons. The predicted octanol–water partition coefficient (Wildman–Crippen LogP) is 3.43. The number of hydrogen-bond donors (Lipinski definition) is 1. The molecule has 138 valence electrons. The van der Waals surface area contributed by atoms with Crippen LogP contribution in [-0.4, -0.2) is 32.7 Å². The minimum atomic E-state index is -3.53. The van der Waals surface area contributed by atoms with Crippen molar-refractivity contribution < 1.29 is 22.7 Å². The van der Waals surface area contributed by atoms with Crippen LogP contribution in [0.25, 0.3) is 0 Å². The molecule has 2 aromatic carbocycles. The lowest BCUT2D eigenvalue weighted by atomic mass is 10.2. The van der Waals surface area contributed by atoms with Crippen molar-refractivity contribution in [3.63, 3.8) is 0 Å². The van der Waals surface area contributed by atoms with E-state index in [1.807, 2.05) is 0 Å². The first-order valence-electron chi connectivity index (χ1n) is 7.87. The summed E-state index contributed by atoms with van der Waals surface area (Å²) in [4.78, 5) is 23.7. The largest absolute Gasteiger partial charge is 0.462 e. The van der Waals surface area contributed by atoms with Crippen LogP contribution in [0.4, 0.5) is 5.69 Å². The van der Waals surface area contributed by atoms with Gasteiger partial charge in [0, 0.05) is 16.6 Å². The maximum atomic E-state index is 12.2. The fraction of sp³-hybridized carbons (Fsp3) is 0.222. The summed E-state index contributed by atoms with van der Waals surface area (Å²) in [7, 11) is -3.53. The molecule has 0 aliphatic rings. The Hall–Kier alpha value is -2.19. The Morgan fingerprint density at radius 3 is 2.23 bits per heavy atom. The number of benzene rings is 2. The van der Waals surface area contributed by atoms with Crippen molar-refractivity contribution in [1.29, 1.82) is 0 Å². The summed E-state index contributed by atoms with van der Waals surface area (Å²) < 4.78 is 30.1. The van der Waals surface area contributed by atoms with E-state index in [1.54, 1.807) is 31.2 Å². The number of esters is 1. The molecular formula is C18H18BrNO5S. The average molecular weight is 440 g/mol. The molecule has 0 aliphatic carbocycles. The van der Waals surface area contributed by atoms with E-state index >= 15 is 0 Å². The highest BCUT2D eigenvalue weighted by atomic mass is 79.9. The highest BCUT2D eigenvalue weighted by Gasteiger charge is 2.16. The Morgan fingerprint density at radius 1 is 1.04 bits per heavy atom. The highest BCUT2D eigenvalue weighted by Crippen LogP contribution is 2.17. The third-order valence-corrected chi connectivity index (χ3v) is 5.71. The molecule has 6 nitrogen and oxygen atoms in total. The number of halogens is 1. The van der Waals surface area contributed by atoms with E-state index in [9.17, 15) is 18.0 Å². The van der Waals surface area contributed by atoms with Crippen LogP contribution in [0, 0.1) is 0 Å². The molecule has 0 aromatic heterocycles. The number of nitrogens with one attached hydrogen (secondary N) is 1. The Labute approximate surface area is 160 Å². The first-order chi connectivity index (χ1) is 12.3. The Morgan fingerprint density at radius 2 is 1.65 bits per heavy atom. The zero-order valence-corrected chi connectivity index (χ0v) is 16.5. The van der Waals surface area contributed by atoms with Crippen LogP contribution in [0.2, 0.25) is 0 Å². The molecule has 1 N–H and O–H groups in total. The van der Waals surface area contributed by atoms with E-state index in [0.717, 1.165) is 4.47 Å². The Bertz CT molecular complexity index is 877. The van der Waals surface area contributed by atoms with Gasteiger partial charge in [0.15, 0.2) is 9.84 Å². The minimum Gasteiger partial charge on any atom is -0.462 e. The summed E-state index contributed by atoms with van der Waals surface area (Å²) in [6, 6.07) is 12.5. The summed E-state index contributed by atoms with van der Waals surface area (Å²) in [6.45, 7) is 2.00. The topological polar surface area (TPSA) is 89.5 Å². The summed E-state index contributed by atoms with van der Waals surface area (Å²) in [5.74, 6) is -1.15. The molecule has 2 rings (SSSR count). The number of amides is 1. The van der Waals surface area contributed by atoms with Crippen molar-refractivity contribution in [3.8, 4) is 0 Å². The molecule has 0 bridgehead atoms. The van der Waals surface area contributed by atoms with E-state index in [0.29, 0.717) is 11.3 Å². The lowest BCUT2D eigenvalue weighted by Crippen LogP contribution is -2.17. The van der Waals surface area contributed by atoms with Gasteiger partial charge in [-0.1, -0.05) is 15.9 Å². The third kappa shape index (κ3) is 5.67. The number of sulfone groups is 1. The fourth-order valence-corrected chi connectivity index (χ4v) is 3.62. The zero-order valence-electron chi connectivity index (χ0n) is 14.1. The van der Waals surface area contributed by atoms with Crippen molar-refractivity contribution >= 4 is 43.3 Å². The molecule has 0 aliphatic heterocycles. The number of ether oxygens (including phenoxy) is 1. The van der Waals surface area contributed by atoms with Crippen molar-refractivity contribution in [2.45, 2.75) is 18.2 Å². The monoisotopic (exact) mass is 439 g/mol. The zero-order chi connectivity index (χ0) is 19.2. The van der Waals surface area contributed by atoms with Gasteiger partial charge in [0.1, 0.15) is 0 Å². The molecule has 0 heterocycles. The van der Waals surface area contributed by atoms with Crippen LogP contribution < -0.4 is 5.32 Å². The van der Waals surface area contributed by atoms with Crippen LogP contribution in [0.5, 0.6) is 0 Å². The molecule has 0 saturated carbocycles. The minimum absolute atomic E-state index is 0.169. The predicted molar refractivity (Wildman–Crippen MR) is 102 cm³/mol. The normalized spacial score (nSPS) is 11.0. The first-order valence-corrected chi connectivity index (χ1v) is 10.3. The molecule has 8 heteroatoms. The summed E-state index contributed by atoms with van der Waals surface area (Å²) >= 11 is 3.25. The standard InChI is InChI=1S/C18H18BrNO5S/c1-2-25-18(22)13-3-7-15(8-4-13)20-17(21)11-12-26(23,24)16-9-5-14(19)6-10-16/h3-10H,2,11-12H2,1H3,(H,20,21). The van der Waals surface area contributed by atoms with Gasteiger partial charge in [0.05, 0.1) is 22.8 Å². The van der Waals surface area contributed by atoms with Crippen molar-refractivity contribution in [2.24, 2.45) is 0 Å². The summed E-state index contributed by atoms with van der Waals surface area (Å²) in [5, 5.41) is 2.61. The maximum absolute atomic E-state index is 12.2. The van der Waals surface area contributed by atoms with Gasteiger partial charge in [-0.15, -0.1) is 0 Å². The molecule has 0 unspecified atom stereocenters. The number of anilines is 1. The number of hydrogen-bond acceptors (Lipinski definition) is 5. The Balaban J connectivity index is 1.92. The van der Waals surface area contributed by atoms with Gasteiger partial charge in [-0.05, 0) is 55.5 Å². The van der Waals surface area contributed by atoms with Crippen LogP contribution >= 0.6 is 15.9 Å². The molecule has 26 heavy (non-hydrogen) atoms. The smallest absolute Gasteiger partial charge is 0.338 e. The van der Waals surface area contributed by atoms with Gasteiger partial charge < -0.3 is 10.1 Å². The van der Waals surface area contributed by atoms with Gasteiger partial charge in [0.2, 0.25) is 5.91 Å². The number of carbonyl (C=O) groups is 2. The molecule has 1 amide bonds. The molecule has 0 fully saturated rings. The van der Waals surface area contributed by atoms with Crippen LogP contribution in [0.15, 0.2) is 57.9 Å². The Kier molecular flexibility index (Phi) is 6.93. The molecule has 2 aromatic rings. The average Bonchev–Trinajstić information content (AvgIpc) is 2.61. The van der Waals surface area contributed by atoms with Crippen LogP contribution in [-0.2, 0) is 19.4 Å². The highest BCUT2D eigenvalue weighted by molar-refractivity contribution is 9.10. The van der Waals surface area contributed by atoms with E-state index in [-0.39, 0.29) is 23.7 Å². The van der Waals surface area contributed by atoms with Gasteiger partial charge in [-0.2, -0.15) is 0 Å². The lowest BCUT2D eigenvalue weighted by Gasteiger charge is -2.07. The third-order valence-electron chi connectivity index (χ3n) is 3.45. The van der Waals surface area contributed by atoms with E-state index in [2.05, 4.69) is 21.2 Å². The van der Waals surface area contributed by atoms with E-state index in [1.165, 1.54) is 24.3 Å². The van der Waals surface area contributed by atoms with Gasteiger partial charge in [-0.25, -0.2) is 13.2 Å². The van der Waals surface area contributed by atoms with Crippen LogP contribution in [0.3, 0.4) is 0 Å². The molecule has 0 atom stereocenters. The van der Waals surface area contributed by atoms with Gasteiger partial charge in [0.25, 0.3) is 0 Å². The second-order valence-corrected chi connectivity index (χ2v) is 8.39. The first kappa shape index (κ1) is 20.1. The lowest BCUT2D eigenvalue weighted by molar-refractivity contribution is -0.115. The SMILES string of the molecule is CCOC(=O)c1ccc(NC(=O)CCS(=O)(=O)c2ccc(Br)cc2)cc1. The van der Waals surface area contributed by atoms with Gasteiger partial charge >= 0.3 is 5.97 Å². The molecule has 0 spiro atoms. The second-order valence-electron chi connectivity index (χ2n) is 5.37. The van der Waals surface area contributed by atoms with E-state index in [4.69, 9.17) is 4.74 Å². The maximum Gasteiger partial charge on any atom is 0.338 e.